The SMILES string of the molecule is CC(C)C[C@H](NC(=O)C(O)C(Cc1ccccc1)(Cc1ccccc1)NC(=O)OCc1ccccc1)C(=O)OCc1ccccc1. The number of hydrogen-bond acceptors (Lipinski definition) is 6. The molecule has 0 spiro atoms. The molecule has 0 fully saturated rings. The molecule has 4 aromatic rings. The Hall–Kier alpha value is -4.95. The van der Waals surface area contributed by atoms with Crippen molar-refractivity contribution >= 4 is 18.0 Å². The number of rotatable bonds is 15. The summed E-state index contributed by atoms with van der Waals surface area (Å²) in [5, 5.41) is 17.5. The predicted octanol–water partition coefficient (Wildman–Crippen LogP) is 5.77. The van der Waals surface area contributed by atoms with Crippen molar-refractivity contribution in [1.82, 2.24) is 10.6 Å². The number of hydrogen-bond donors (Lipinski definition) is 3. The second-order valence-corrected chi connectivity index (χ2v) is 11.9. The van der Waals surface area contributed by atoms with Gasteiger partial charge in [0.05, 0.1) is 5.54 Å². The van der Waals surface area contributed by atoms with Crippen LogP contribution in [-0.4, -0.2) is 40.8 Å². The summed E-state index contributed by atoms with van der Waals surface area (Å²) in [5.74, 6) is -1.38. The van der Waals surface area contributed by atoms with E-state index in [2.05, 4.69) is 10.6 Å². The zero-order valence-corrected chi connectivity index (χ0v) is 26.3. The lowest BCUT2D eigenvalue weighted by Gasteiger charge is -2.38. The highest BCUT2D eigenvalue weighted by atomic mass is 16.5. The van der Waals surface area contributed by atoms with E-state index in [-0.39, 0.29) is 32.0 Å². The first-order valence-corrected chi connectivity index (χ1v) is 15.5. The van der Waals surface area contributed by atoms with E-state index in [4.69, 9.17) is 9.47 Å². The average molecular weight is 623 g/mol. The Morgan fingerprint density at radius 1 is 0.652 bits per heavy atom. The summed E-state index contributed by atoms with van der Waals surface area (Å²) in [6.45, 7) is 3.91. The topological polar surface area (TPSA) is 114 Å². The Balaban J connectivity index is 1.62. The normalized spacial score (nSPS) is 12.5. The van der Waals surface area contributed by atoms with Gasteiger partial charge in [-0.3, -0.25) is 4.79 Å². The molecule has 4 aromatic carbocycles. The van der Waals surface area contributed by atoms with Crippen molar-refractivity contribution in [2.75, 3.05) is 0 Å². The summed E-state index contributed by atoms with van der Waals surface area (Å²) in [6, 6.07) is 36.1. The van der Waals surface area contributed by atoms with Gasteiger partial charge in [0.15, 0.2) is 6.10 Å². The van der Waals surface area contributed by atoms with E-state index >= 15 is 0 Å². The molecule has 0 saturated heterocycles. The molecule has 2 amide bonds. The maximum atomic E-state index is 13.9. The first-order chi connectivity index (χ1) is 22.2. The molecule has 46 heavy (non-hydrogen) atoms. The molecule has 0 heterocycles. The van der Waals surface area contributed by atoms with E-state index in [1.807, 2.05) is 135 Å². The average Bonchev–Trinajstić information content (AvgIpc) is 3.07. The number of benzene rings is 4. The van der Waals surface area contributed by atoms with Crippen LogP contribution in [0.2, 0.25) is 0 Å². The highest BCUT2D eigenvalue weighted by Crippen LogP contribution is 2.25. The molecule has 0 saturated carbocycles. The van der Waals surface area contributed by atoms with Crippen LogP contribution in [0.15, 0.2) is 121 Å². The van der Waals surface area contributed by atoms with Crippen molar-refractivity contribution < 1.29 is 29.0 Å². The number of aliphatic hydroxyl groups excluding tert-OH is 1. The highest BCUT2D eigenvalue weighted by Gasteiger charge is 2.45. The van der Waals surface area contributed by atoms with Crippen LogP contribution < -0.4 is 10.6 Å². The number of carbonyl (C=O) groups is 3. The molecule has 1 unspecified atom stereocenters. The quantitative estimate of drug-likeness (QED) is 0.145. The molecule has 8 heteroatoms. The lowest BCUT2D eigenvalue weighted by Crippen LogP contribution is -2.65. The second kappa shape index (κ2) is 16.9. The molecule has 8 nitrogen and oxygen atoms in total. The molecule has 0 aliphatic carbocycles. The van der Waals surface area contributed by atoms with Gasteiger partial charge < -0.3 is 25.2 Å². The zero-order chi connectivity index (χ0) is 32.8. The summed E-state index contributed by atoms with van der Waals surface area (Å²) >= 11 is 0. The predicted molar refractivity (Wildman–Crippen MR) is 176 cm³/mol. The van der Waals surface area contributed by atoms with Gasteiger partial charge in [-0.15, -0.1) is 0 Å². The summed E-state index contributed by atoms with van der Waals surface area (Å²) < 4.78 is 11.1. The van der Waals surface area contributed by atoms with Crippen molar-refractivity contribution in [2.45, 2.75) is 64.0 Å². The third-order valence-electron chi connectivity index (χ3n) is 7.59. The minimum atomic E-state index is -1.77. The molecule has 0 aliphatic rings. The smallest absolute Gasteiger partial charge is 0.408 e. The Labute approximate surface area is 270 Å². The van der Waals surface area contributed by atoms with Crippen LogP contribution >= 0.6 is 0 Å². The third kappa shape index (κ3) is 10.3. The fraction of sp³-hybridized carbons (Fsp3) is 0.289. The fourth-order valence-corrected chi connectivity index (χ4v) is 5.31. The fourth-order valence-electron chi connectivity index (χ4n) is 5.31. The van der Waals surface area contributed by atoms with Gasteiger partial charge in [0.2, 0.25) is 0 Å². The Morgan fingerprint density at radius 2 is 1.07 bits per heavy atom. The number of alkyl carbamates (subject to hydrolysis) is 1. The standard InChI is InChI=1S/C38H42N2O6/c1-28(2)23-33(36(43)45-26-31-19-11-5-12-20-31)39-35(42)34(41)38(24-29-15-7-3-8-16-29,25-30-17-9-4-10-18-30)40-37(44)46-27-32-21-13-6-14-22-32/h3-22,28,33-34,41H,23-27H2,1-2H3,(H,39,42)(H,40,44)/t33-,34?/m0/s1. The van der Waals surface area contributed by atoms with Crippen LogP contribution in [0, 0.1) is 5.92 Å². The summed E-state index contributed by atoms with van der Waals surface area (Å²) in [6.07, 6.45) is -2.06. The molecule has 240 valence electrons. The summed E-state index contributed by atoms with van der Waals surface area (Å²) in [5.41, 5.74) is 1.63. The number of carbonyl (C=O) groups excluding carboxylic acids is 3. The molecule has 0 aliphatic heterocycles. The first-order valence-electron chi connectivity index (χ1n) is 15.5. The molecule has 2 atom stereocenters. The second-order valence-electron chi connectivity index (χ2n) is 11.9. The Bertz CT molecular complexity index is 1470. The van der Waals surface area contributed by atoms with Gasteiger partial charge in [0.1, 0.15) is 19.3 Å². The van der Waals surface area contributed by atoms with E-state index in [9.17, 15) is 19.5 Å². The van der Waals surface area contributed by atoms with Gasteiger partial charge in [0.25, 0.3) is 5.91 Å². The van der Waals surface area contributed by atoms with E-state index in [0.717, 1.165) is 22.3 Å². The number of aliphatic hydroxyl groups is 1. The summed E-state index contributed by atoms with van der Waals surface area (Å²) in [7, 11) is 0. The minimum absolute atomic E-state index is 0.00539. The Kier molecular flexibility index (Phi) is 12.5. The molecule has 0 aromatic heterocycles. The van der Waals surface area contributed by atoms with Gasteiger partial charge in [-0.05, 0) is 47.4 Å². The maximum absolute atomic E-state index is 13.9. The highest BCUT2D eigenvalue weighted by molar-refractivity contribution is 5.88. The molecular weight excluding hydrogens is 580 g/mol. The van der Waals surface area contributed by atoms with Crippen molar-refractivity contribution in [3.8, 4) is 0 Å². The summed E-state index contributed by atoms with van der Waals surface area (Å²) in [4.78, 5) is 40.6. The molecule has 4 rings (SSSR count). The van der Waals surface area contributed by atoms with Crippen LogP contribution in [-0.2, 0) is 45.1 Å². The number of ether oxygens (including phenoxy) is 2. The lowest BCUT2D eigenvalue weighted by atomic mass is 9.79. The molecular formula is C38H42N2O6. The van der Waals surface area contributed by atoms with Crippen molar-refractivity contribution in [3.05, 3.63) is 144 Å². The van der Waals surface area contributed by atoms with Crippen molar-refractivity contribution in [2.24, 2.45) is 5.92 Å². The van der Waals surface area contributed by atoms with E-state index < -0.39 is 35.7 Å². The van der Waals surface area contributed by atoms with Gasteiger partial charge in [-0.1, -0.05) is 135 Å². The van der Waals surface area contributed by atoms with Crippen LogP contribution in [0.5, 0.6) is 0 Å². The largest absolute Gasteiger partial charge is 0.459 e. The number of amides is 2. The van der Waals surface area contributed by atoms with E-state index in [0.29, 0.717) is 6.42 Å². The van der Waals surface area contributed by atoms with Gasteiger partial charge >= 0.3 is 12.1 Å². The van der Waals surface area contributed by atoms with Gasteiger partial charge in [0, 0.05) is 0 Å². The lowest BCUT2D eigenvalue weighted by molar-refractivity contribution is -0.151. The molecule has 0 bridgehead atoms. The minimum Gasteiger partial charge on any atom is -0.459 e. The number of nitrogens with one attached hydrogen (secondary N) is 2. The van der Waals surface area contributed by atoms with Crippen molar-refractivity contribution in [1.29, 1.82) is 0 Å². The molecule has 0 radical (unpaired) electrons. The van der Waals surface area contributed by atoms with Crippen LogP contribution in [0.1, 0.15) is 42.5 Å². The van der Waals surface area contributed by atoms with Crippen LogP contribution in [0.3, 0.4) is 0 Å². The third-order valence-corrected chi connectivity index (χ3v) is 7.59. The van der Waals surface area contributed by atoms with E-state index in [1.165, 1.54) is 0 Å². The number of esters is 1. The van der Waals surface area contributed by atoms with Gasteiger partial charge in [-0.25, -0.2) is 9.59 Å². The van der Waals surface area contributed by atoms with Gasteiger partial charge in [-0.2, -0.15) is 0 Å². The Morgan fingerprint density at radius 3 is 1.50 bits per heavy atom. The maximum Gasteiger partial charge on any atom is 0.408 e. The molecule has 3 N–H and O–H groups in total. The van der Waals surface area contributed by atoms with Crippen molar-refractivity contribution in [3.63, 3.8) is 0 Å². The zero-order valence-electron chi connectivity index (χ0n) is 26.3. The first kappa shape index (κ1) is 33.9. The monoisotopic (exact) mass is 622 g/mol. The van der Waals surface area contributed by atoms with E-state index in [1.54, 1.807) is 0 Å². The van der Waals surface area contributed by atoms with Crippen LogP contribution in [0.4, 0.5) is 4.79 Å². The van der Waals surface area contributed by atoms with Crippen LogP contribution in [0.25, 0.3) is 0 Å².